The molecule has 0 radical (unpaired) electrons. The highest BCUT2D eigenvalue weighted by molar-refractivity contribution is 6.21. The number of anilines is 1. The van der Waals surface area contributed by atoms with Crippen molar-refractivity contribution in [1.29, 1.82) is 0 Å². The first-order valence-corrected chi connectivity index (χ1v) is 6.78. The summed E-state index contributed by atoms with van der Waals surface area (Å²) in [6.07, 6.45) is 2.72. The van der Waals surface area contributed by atoms with Crippen molar-refractivity contribution in [3.63, 3.8) is 0 Å². The summed E-state index contributed by atoms with van der Waals surface area (Å²) in [4.78, 5) is 25.3. The Bertz CT molecular complexity index is 526. The Morgan fingerprint density at radius 3 is 2.65 bits per heavy atom. The molecule has 5 nitrogen and oxygen atoms in total. The van der Waals surface area contributed by atoms with Gasteiger partial charge in [0.15, 0.2) is 0 Å². The van der Waals surface area contributed by atoms with Gasteiger partial charge in [-0.25, -0.2) is 14.1 Å². The standard InChI is InChI=1S/C14H16FN3O2/c15-9-3-5-11(6-4-9)18-13(19)12(17-14(18)20)8-10-2-1-7-16-10/h3-6,10,12,16H,1-2,7-8H2,(H,17,20). The van der Waals surface area contributed by atoms with E-state index in [1.807, 2.05) is 0 Å². The van der Waals surface area contributed by atoms with Crippen LogP contribution in [0.2, 0.25) is 0 Å². The van der Waals surface area contributed by atoms with E-state index in [0.29, 0.717) is 12.1 Å². The lowest BCUT2D eigenvalue weighted by atomic mass is 10.1. The molecule has 2 saturated heterocycles. The number of carbonyl (C=O) groups is 2. The number of nitrogens with zero attached hydrogens (tertiary/aromatic N) is 1. The molecule has 3 rings (SSSR count). The van der Waals surface area contributed by atoms with Crippen molar-refractivity contribution in [3.8, 4) is 0 Å². The number of carbonyl (C=O) groups excluding carboxylic acids is 2. The summed E-state index contributed by atoms with van der Waals surface area (Å²) < 4.78 is 12.9. The number of nitrogens with one attached hydrogen (secondary N) is 2. The van der Waals surface area contributed by atoms with Crippen LogP contribution < -0.4 is 15.5 Å². The third-order valence-electron chi connectivity index (χ3n) is 3.79. The molecule has 0 aromatic heterocycles. The fourth-order valence-corrected chi connectivity index (χ4v) is 2.77. The fourth-order valence-electron chi connectivity index (χ4n) is 2.77. The van der Waals surface area contributed by atoms with Crippen molar-refractivity contribution in [1.82, 2.24) is 10.6 Å². The van der Waals surface area contributed by atoms with Gasteiger partial charge < -0.3 is 10.6 Å². The highest BCUT2D eigenvalue weighted by Crippen LogP contribution is 2.22. The predicted molar refractivity (Wildman–Crippen MR) is 71.8 cm³/mol. The molecule has 0 aliphatic carbocycles. The van der Waals surface area contributed by atoms with Gasteiger partial charge in [0, 0.05) is 6.04 Å². The van der Waals surface area contributed by atoms with Gasteiger partial charge in [0.05, 0.1) is 5.69 Å². The lowest BCUT2D eigenvalue weighted by Crippen LogP contribution is -2.36. The minimum atomic E-state index is -0.497. The van der Waals surface area contributed by atoms with E-state index in [0.717, 1.165) is 24.3 Å². The average Bonchev–Trinajstić information content (AvgIpc) is 3.02. The van der Waals surface area contributed by atoms with E-state index in [2.05, 4.69) is 10.6 Å². The molecule has 2 unspecified atom stereocenters. The minimum absolute atomic E-state index is 0.268. The van der Waals surface area contributed by atoms with Gasteiger partial charge in [-0.1, -0.05) is 0 Å². The highest BCUT2D eigenvalue weighted by Gasteiger charge is 2.40. The van der Waals surface area contributed by atoms with Crippen molar-refractivity contribution in [3.05, 3.63) is 30.1 Å². The van der Waals surface area contributed by atoms with Crippen LogP contribution in [0.4, 0.5) is 14.9 Å². The van der Waals surface area contributed by atoms with Gasteiger partial charge in [0.1, 0.15) is 11.9 Å². The second-order valence-corrected chi connectivity index (χ2v) is 5.18. The predicted octanol–water partition coefficient (Wildman–Crippen LogP) is 1.39. The van der Waals surface area contributed by atoms with E-state index in [1.54, 1.807) is 0 Å². The molecule has 6 heteroatoms. The number of benzene rings is 1. The Morgan fingerprint density at radius 2 is 2.00 bits per heavy atom. The van der Waals surface area contributed by atoms with Gasteiger partial charge >= 0.3 is 6.03 Å². The quantitative estimate of drug-likeness (QED) is 0.821. The van der Waals surface area contributed by atoms with Gasteiger partial charge in [0.25, 0.3) is 5.91 Å². The maximum Gasteiger partial charge on any atom is 0.329 e. The van der Waals surface area contributed by atoms with Crippen LogP contribution in [0.1, 0.15) is 19.3 Å². The molecular weight excluding hydrogens is 261 g/mol. The summed E-state index contributed by atoms with van der Waals surface area (Å²) in [6.45, 7) is 0.960. The van der Waals surface area contributed by atoms with Crippen LogP contribution in [0.3, 0.4) is 0 Å². The third kappa shape index (κ3) is 2.38. The lowest BCUT2D eigenvalue weighted by molar-refractivity contribution is -0.118. The minimum Gasteiger partial charge on any atom is -0.325 e. The first-order chi connectivity index (χ1) is 9.65. The van der Waals surface area contributed by atoms with Crippen molar-refractivity contribution >= 4 is 17.6 Å². The van der Waals surface area contributed by atoms with E-state index in [-0.39, 0.29) is 11.9 Å². The monoisotopic (exact) mass is 277 g/mol. The van der Waals surface area contributed by atoms with E-state index in [9.17, 15) is 14.0 Å². The first-order valence-electron chi connectivity index (χ1n) is 6.78. The van der Waals surface area contributed by atoms with E-state index in [4.69, 9.17) is 0 Å². The number of rotatable bonds is 3. The van der Waals surface area contributed by atoms with Crippen LogP contribution in [0.25, 0.3) is 0 Å². The molecule has 1 aromatic carbocycles. The molecular formula is C14H16FN3O2. The molecule has 2 N–H and O–H groups in total. The molecule has 2 fully saturated rings. The molecule has 2 heterocycles. The highest BCUT2D eigenvalue weighted by atomic mass is 19.1. The zero-order chi connectivity index (χ0) is 14.1. The van der Waals surface area contributed by atoms with Crippen molar-refractivity contribution in [2.45, 2.75) is 31.3 Å². The lowest BCUT2D eigenvalue weighted by Gasteiger charge is -2.15. The topological polar surface area (TPSA) is 61.4 Å². The molecule has 106 valence electrons. The van der Waals surface area contributed by atoms with Crippen molar-refractivity contribution < 1.29 is 14.0 Å². The van der Waals surface area contributed by atoms with Crippen LogP contribution in [-0.2, 0) is 4.79 Å². The number of urea groups is 1. The maximum absolute atomic E-state index is 12.9. The van der Waals surface area contributed by atoms with E-state index < -0.39 is 17.9 Å². The summed E-state index contributed by atoms with van der Waals surface area (Å²) >= 11 is 0. The Labute approximate surface area is 116 Å². The second-order valence-electron chi connectivity index (χ2n) is 5.18. The van der Waals surface area contributed by atoms with Gasteiger partial charge in [-0.15, -0.1) is 0 Å². The summed E-state index contributed by atoms with van der Waals surface area (Å²) in [7, 11) is 0. The Balaban J connectivity index is 1.74. The molecule has 1 aromatic rings. The number of hydrogen-bond acceptors (Lipinski definition) is 3. The van der Waals surface area contributed by atoms with Gasteiger partial charge in [0.2, 0.25) is 0 Å². The van der Waals surface area contributed by atoms with E-state index >= 15 is 0 Å². The Kier molecular flexibility index (Phi) is 3.40. The molecule has 2 aliphatic heterocycles. The number of imide groups is 1. The van der Waals surface area contributed by atoms with Crippen LogP contribution in [0.5, 0.6) is 0 Å². The zero-order valence-corrected chi connectivity index (χ0v) is 10.9. The molecule has 20 heavy (non-hydrogen) atoms. The van der Waals surface area contributed by atoms with Crippen LogP contribution in [-0.4, -0.2) is 30.6 Å². The largest absolute Gasteiger partial charge is 0.329 e. The molecule has 0 spiro atoms. The molecule has 2 aliphatic rings. The number of amides is 3. The summed E-state index contributed by atoms with van der Waals surface area (Å²) in [6, 6.07) is 4.68. The van der Waals surface area contributed by atoms with Gasteiger partial charge in [-0.05, 0) is 50.1 Å². The van der Waals surface area contributed by atoms with Gasteiger partial charge in [-0.3, -0.25) is 4.79 Å². The normalized spacial score (nSPS) is 26.1. The molecule has 0 saturated carbocycles. The molecule has 0 bridgehead atoms. The fraction of sp³-hybridized carbons (Fsp3) is 0.429. The van der Waals surface area contributed by atoms with Crippen molar-refractivity contribution in [2.75, 3.05) is 11.4 Å². The van der Waals surface area contributed by atoms with Crippen LogP contribution in [0, 0.1) is 5.82 Å². The summed E-state index contributed by atoms with van der Waals surface area (Å²) in [5.41, 5.74) is 0.399. The average molecular weight is 277 g/mol. The Morgan fingerprint density at radius 1 is 1.25 bits per heavy atom. The van der Waals surface area contributed by atoms with Crippen LogP contribution in [0.15, 0.2) is 24.3 Å². The SMILES string of the molecule is O=C1NC(CC2CCCN2)C(=O)N1c1ccc(F)cc1. The number of halogens is 1. The van der Waals surface area contributed by atoms with E-state index in [1.165, 1.54) is 24.3 Å². The summed E-state index contributed by atoms with van der Waals surface area (Å²) in [5, 5.41) is 6.01. The summed E-state index contributed by atoms with van der Waals surface area (Å²) in [5.74, 6) is -0.664. The van der Waals surface area contributed by atoms with Crippen LogP contribution >= 0.6 is 0 Å². The Hall–Kier alpha value is -1.95. The first kappa shape index (κ1) is 13.1. The second kappa shape index (κ2) is 5.20. The maximum atomic E-state index is 12.9. The number of hydrogen-bond donors (Lipinski definition) is 2. The zero-order valence-electron chi connectivity index (χ0n) is 10.9. The van der Waals surface area contributed by atoms with Crippen molar-refractivity contribution in [2.24, 2.45) is 0 Å². The third-order valence-corrected chi connectivity index (χ3v) is 3.79. The smallest absolute Gasteiger partial charge is 0.325 e. The molecule has 3 amide bonds. The van der Waals surface area contributed by atoms with Gasteiger partial charge in [-0.2, -0.15) is 0 Å². The molecule has 2 atom stereocenters.